The van der Waals surface area contributed by atoms with Crippen molar-refractivity contribution < 1.29 is 14.6 Å². The minimum Gasteiger partial charge on any atom is -0.396 e. The quantitative estimate of drug-likeness (QED) is 0.891. The molecule has 2 aliphatic rings. The number of urea groups is 1. The Bertz CT molecular complexity index is 535. The van der Waals surface area contributed by atoms with E-state index in [1.54, 1.807) is 0 Å². The molecule has 0 radical (unpaired) electrons. The fraction of sp³-hybridized carbons (Fsp3) is 0.632. The lowest BCUT2D eigenvalue weighted by Crippen LogP contribution is -2.51. The number of hydrogen-bond donors (Lipinski definition) is 2. The molecule has 2 amide bonds. The van der Waals surface area contributed by atoms with Crippen molar-refractivity contribution in [3.05, 3.63) is 35.9 Å². The molecule has 0 saturated carbocycles. The molecule has 2 unspecified atom stereocenters. The van der Waals surface area contributed by atoms with Gasteiger partial charge in [0.25, 0.3) is 0 Å². The van der Waals surface area contributed by atoms with Crippen molar-refractivity contribution in [1.29, 1.82) is 0 Å². The molecule has 0 aliphatic carbocycles. The third-order valence-electron chi connectivity index (χ3n) is 5.73. The summed E-state index contributed by atoms with van der Waals surface area (Å²) in [7, 11) is 0. The van der Waals surface area contributed by atoms with Crippen LogP contribution in [-0.4, -0.2) is 48.4 Å². The van der Waals surface area contributed by atoms with Gasteiger partial charge in [0.2, 0.25) is 0 Å². The first kappa shape index (κ1) is 17.2. The summed E-state index contributed by atoms with van der Waals surface area (Å²) < 4.78 is 5.84. The van der Waals surface area contributed by atoms with Crippen molar-refractivity contribution in [1.82, 2.24) is 10.2 Å². The summed E-state index contributed by atoms with van der Waals surface area (Å²) in [6.07, 6.45) is 3.49. The van der Waals surface area contributed by atoms with Gasteiger partial charge in [-0.2, -0.15) is 0 Å². The molecular weight excluding hydrogens is 304 g/mol. The lowest BCUT2D eigenvalue weighted by Gasteiger charge is -2.40. The zero-order chi connectivity index (χ0) is 17.0. The van der Waals surface area contributed by atoms with Crippen LogP contribution >= 0.6 is 0 Å². The van der Waals surface area contributed by atoms with E-state index in [1.807, 2.05) is 35.2 Å². The van der Waals surface area contributed by atoms with Gasteiger partial charge in [-0.25, -0.2) is 4.79 Å². The normalized spacial score (nSPS) is 26.3. The van der Waals surface area contributed by atoms with Crippen molar-refractivity contribution in [2.24, 2.45) is 5.41 Å². The predicted octanol–water partition coefficient (Wildman–Crippen LogP) is 2.71. The molecule has 2 heterocycles. The number of rotatable bonds is 4. The first-order valence-electron chi connectivity index (χ1n) is 9.00. The minimum atomic E-state index is -0.0629. The lowest BCUT2D eigenvalue weighted by molar-refractivity contribution is 0.0501. The Kier molecular flexibility index (Phi) is 5.41. The highest BCUT2D eigenvalue weighted by molar-refractivity contribution is 5.74. The zero-order valence-electron chi connectivity index (χ0n) is 14.4. The molecule has 2 N–H and O–H groups in total. The number of amides is 2. The number of nitrogens with one attached hydrogen (secondary N) is 1. The second-order valence-corrected chi connectivity index (χ2v) is 7.05. The van der Waals surface area contributed by atoms with Gasteiger partial charge in [0.15, 0.2) is 0 Å². The number of carbonyl (C=O) groups is 1. The maximum Gasteiger partial charge on any atom is 0.317 e. The highest BCUT2D eigenvalue weighted by Crippen LogP contribution is 2.34. The number of carbonyl (C=O) groups excluding carboxylic acids is 1. The lowest BCUT2D eigenvalue weighted by atomic mass is 9.77. The SMILES string of the molecule is CCC1(CO)CCN(C(=O)NC2CCOC2c2ccccc2)CC1. The minimum absolute atomic E-state index is 0.000175. The average molecular weight is 332 g/mol. The summed E-state index contributed by atoms with van der Waals surface area (Å²) in [5.41, 5.74) is 1.11. The van der Waals surface area contributed by atoms with Crippen molar-refractivity contribution in [2.45, 2.75) is 44.8 Å². The van der Waals surface area contributed by atoms with E-state index in [-0.39, 0.29) is 30.2 Å². The van der Waals surface area contributed by atoms with E-state index in [2.05, 4.69) is 12.2 Å². The number of hydrogen-bond acceptors (Lipinski definition) is 3. The average Bonchev–Trinajstić information content (AvgIpc) is 3.10. The molecule has 1 aromatic rings. The summed E-state index contributed by atoms with van der Waals surface area (Å²) in [4.78, 5) is 14.5. The van der Waals surface area contributed by atoms with Gasteiger partial charge in [-0.05, 0) is 36.7 Å². The molecule has 1 aromatic carbocycles. The molecule has 2 aliphatic heterocycles. The molecule has 2 saturated heterocycles. The molecule has 2 atom stereocenters. The van der Waals surface area contributed by atoms with E-state index in [1.165, 1.54) is 0 Å². The van der Waals surface area contributed by atoms with Crippen molar-refractivity contribution >= 4 is 6.03 Å². The molecule has 0 aromatic heterocycles. The smallest absolute Gasteiger partial charge is 0.317 e. The summed E-state index contributed by atoms with van der Waals surface area (Å²) >= 11 is 0. The van der Waals surface area contributed by atoms with Crippen molar-refractivity contribution in [2.75, 3.05) is 26.3 Å². The fourth-order valence-corrected chi connectivity index (χ4v) is 3.77. The summed E-state index contributed by atoms with van der Waals surface area (Å²) in [5.74, 6) is 0. The van der Waals surface area contributed by atoms with Gasteiger partial charge in [-0.15, -0.1) is 0 Å². The van der Waals surface area contributed by atoms with Crippen LogP contribution in [0.4, 0.5) is 4.79 Å². The van der Waals surface area contributed by atoms with Crippen LogP contribution in [0.3, 0.4) is 0 Å². The summed E-state index contributed by atoms with van der Waals surface area (Å²) in [6, 6.07) is 10.1. The number of piperidine rings is 1. The van der Waals surface area contributed by atoms with E-state index in [0.717, 1.165) is 31.2 Å². The first-order valence-corrected chi connectivity index (χ1v) is 9.00. The van der Waals surface area contributed by atoms with Gasteiger partial charge >= 0.3 is 6.03 Å². The second-order valence-electron chi connectivity index (χ2n) is 7.05. The standard InChI is InChI=1S/C19H28N2O3/c1-2-19(14-22)9-11-21(12-10-19)18(23)20-16-8-13-24-17(16)15-6-4-3-5-7-15/h3-7,16-17,22H,2,8-14H2,1H3,(H,20,23). The van der Waals surface area contributed by atoms with Crippen molar-refractivity contribution in [3.8, 4) is 0 Å². The third kappa shape index (κ3) is 3.57. The first-order chi connectivity index (χ1) is 11.7. The predicted molar refractivity (Wildman–Crippen MR) is 92.7 cm³/mol. The Balaban J connectivity index is 1.57. The van der Waals surface area contributed by atoms with Crippen LogP contribution in [0.1, 0.15) is 44.3 Å². The summed E-state index contributed by atoms with van der Waals surface area (Å²) in [5, 5.41) is 12.8. The number of benzene rings is 1. The van der Waals surface area contributed by atoms with Crippen molar-refractivity contribution in [3.63, 3.8) is 0 Å². The van der Waals surface area contributed by atoms with Gasteiger partial charge < -0.3 is 20.1 Å². The van der Waals surface area contributed by atoms with E-state index >= 15 is 0 Å². The zero-order valence-corrected chi connectivity index (χ0v) is 14.4. The topological polar surface area (TPSA) is 61.8 Å². The van der Waals surface area contributed by atoms with Gasteiger partial charge in [0.1, 0.15) is 6.10 Å². The van der Waals surface area contributed by atoms with Crippen LogP contribution in [0.25, 0.3) is 0 Å². The maximum atomic E-state index is 12.6. The van der Waals surface area contributed by atoms with Crippen LogP contribution in [0.15, 0.2) is 30.3 Å². The Hall–Kier alpha value is -1.59. The largest absolute Gasteiger partial charge is 0.396 e. The Morgan fingerprint density at radius 2 is 2.04 bits per heavy atom. The molecule has 0 spiro atoms. The molecule has 3 rings (SSSR count). The Morgan fingerprint density at radius 1 is 1.33 bits per heavy atom. The molecule has 5 heteroatoms. The number of aliphatic hydroxyl groups is 1. The molecule has 24 heavy (non-hydrogen) atoms. The van der Waals surface area contributed by atoms with E-state index < -0.39 is 0 Å². The van der Waals surface area contributed by atoms with Gasteiger partial charge in [0, 0.05) is 26.3 Å². The Labute approximate surface area is 144 Å². The molecule has 5 nitrogen and oxygen atoms in total. The van der Waals surface area contributed by atoms with Gasteiger partial charge in [-0.1, -0.05) is 37.3 Å². The highest BCUT2D eigenvalue weighted by atomic mass is 16.5. The number of likely N-dealkylation sites (tertiary alicyclic amines) is 1. The van der Waals surface area contributed by atoms with Crippen LogP contribution in [0, 0.1) is 5.41 Å². The summed E-state index contributed by atoms with van der Waals surface area (Å²) in [6.45, 7) is 4.43. The molecule has 132 valence electrons. The number of ether oxygens (including phenoxy) is 1. The van der Waals surface area contributed by atoms with E-state index in [9.17, 15) is 9.90 Å². The molecular formula is C19H28N2O3. The van der Waals surface area contributed by atoms with Crippen LogP contribution in [-0.2, 0) is 4.74 Å². The van der Waals surface area contributed by atoms with Crippen LogP contribution in [0.5, 0.6) is 0 Å². The van der Waals surface area contributed by atoms with E-state index in [4.69, 9.17) is 4.74 Å². The highest BCUT2D eigenvalue weighted by Gasteiger charge is 2.36. The van der Waals surface area contributed by atoms with Gasteiger partial charge in [0.05, 0.1) is 6.04 Å². The second kappa shape index (κ2) is 7.53. The third-order valence-corrected chi connectivity index (χ3v) is 5.73. The van der Waals surface area contributed by atoms with E-state index in [0.29, 0.717) is 19.7 Å². The van der Waals surface area contributed by atoms with Crippen LogP contribution in [0.2, 0.25) is 0 Å². The maximum absolute atomic E-state index is 12.6. The van der Waals surface area contributed by atoms with Gasteiger partial charge in [-0.3, -0.25) is 0 Å². The molecule has 0 bridgehead atoms. The Morgan fingerprint density at radius 3 is 2.67 bits per heavy atom. The monoisotopic (exact) mass is 332 g/mol. The number of aliphatic hydroxyl groups excluding tert-OH is 1. The van der Waals surface area contributed by atoms with Crippen LogP contribution < -0.4 is 5.32 Å². The fourth-order valence-electron chi connectivity index (χ4n) is 3.77. The number of nitrogens with zero attached hydrogens (tertiary/aromatic N) is 1. The molecule has 2 fully saturated rings.